The SMILES string of the molecule is C=CC(=O)NC1CC2CN(S(=O)(=O)c3ccc(C)c(Cl)c3)CC2C1. The van der Waals surface area contributed by atoms with Crippen LogP contribution in [0.4, 0.5) is 0 Å². The lowest BCUT2D eigenvalue weighted by Crippen LogP contribution is -2.35. The molecule has 1 aliphatic heterocycles. The fraction of sp³-hybridized carbons (Fsp3) is 0.471. The summed E-state index contributed by atoms with van der Waals surface area (Å²) in [5.41, 5.74) is 0.856. The summed E-state index contributed by atoms with van der Waals surface area (Å²) in [4.78, 5) is 11.7. The molecule has 130 valence electrons. The smallest absolute Gasteiger partial charge is 0.243 e. The normalized spacial score (nSPS) is 27.0. The van der Waals surface area contributed by atoms with E-state index in [0.717, 1.165) is 18.4 Å². The van der Waals surface area contributed by atoms with Gasteiger partial charge in [-0.3, -0.25) is 4.79 Å². The van der Waals surface area contributed by atoms with Crippen LogP contribution in [0, 0.1) is 18.8 Å². The van der Waals surface area contributed by atoms with Crippen molar-refractivity contribution in [3.63, 3.8) is 0 Å². The lowest BCUT2D eigenvalue weighted by molar-refractivity contribution is -0.117. The summed E-state index contributed by atoms with van der Waals surface area (Å²) in [6.07, 6.45) is 2.89. The van der Waals surface area contributed by atoms with E-state index < -0.39 is 10.0 Å². The number of carbonyl (C=O) groups excluding carboxylic acids is 1. The standard InChI is InChI=1S/C17H21ClN2O3S/c1-3-17(21)19-14-6-12-9-20(10-13(12)7-14)24(22,23)15-5-4-11(2)16(18)8-15/h3-5,8,12-14H,1,6-7,9-10H2,2H3,(H,19,21). The van der Waals surface area contributed by atoms with Gasteiger partial charge < -0.3 is 5.32 Å². The van der Waals surface area contributed by atoms with Crippen molar-refractivity contribution in [1.29, 1.82) is 0 Å². The quantitative estimate of drug-likeness (QED) is 0.829. The van der Waals surface area contributed by atoms with Crippen molar-refractivity contribution in [3.8, 4) is 0 Å². The molecular formula is C17H21ClN2O3S. The van der Waals surface area contributed by atoms with Crippen molar-refractivity contribution in [1.82, 2.24) is 9.62 Å². The first-order valence-corrected chi connectivity index (χ1v) is 9.82. The molecular weight excluding hydrogens is 348 g/mol. The maximum absolute atomic E-state index is 12.8. The van der Waals surface area contributed by atoms with Crippen LogP contribution in [-0.2, 0) is 14.8 Å². The molecule has 1 heterocycles. The fourth-order valence-corrected chi connectivity index (χ4v) is 5.54. The molecule has 1 N–H and O–H groups in total. The van der Waals surface area contributed by atoms with Crippen LogP contribution in [0.15, 0.2) is 35.7 Å². The fourth-order valence-electron chi connectivity index (χ4n) is 3.71. The van der Waals surface area contributed by atoms with E-state index in [0.29, 0.717) is 18.1 Å². The van der Waals surface area contributed by atoms with E-state index in [1.54, 1.807) is 16.4 Å². The molecule has 2 aliphatic rings. The molecule has 7 heteroatoms. The Morgan fingerprint density at radius 1 is 1.33 bits per heavy atom. The van der Waals surface area contributed by atoms with Gasteiger partial charge in [0.2, 0.25) is 15.9 Å². The molecule has 3 rings (SSSR count). The van der Waals surface area contributed by atoms with E-state index in [9.17, 15) is 13.2 Å². The number of aryl methyl sites for hydroxylation is 1. The van der Waals surface area contributed by atoms with Crippen LogP contribution < -0.4 is 5.32 Å². The number of carbonyl (C=O) groups is 1. The minimum absolute atomic E-state index is 0.115. The van der Waals surface area contributed by atoms with Gasteiger partial charge in [0.05, 0.1) is 4.90 Å². The number of sulfonamides is 1. The van der Waals surface area contributed by atoms with Crippen molar-refractivity contribution >= 4 is 27.5 Å². The summed E-state index contributed by atoms with van der Waals surface area (Å²) in [7, 11) is -3.52. The second-order valence-corrected chi connectivity index (χ2v) is 8.98. The Labute approximate surface area is 147 Å². The summed E-state index contributed by atoms with van der Waals surface area (Å²) >= 11 is 6.07. The number of fused-ring (bicyclic) bond motifs is 1. The van der Waals surface area contributed by atoms with Crippen LogP contribution in [0.1, 0.15) is 18.4 Å². The van der Waals surface area contributed by atoms with Gasteiger partial charge in [0.25, 0.3) is 0 Å². The van der Waals surface area contributed by atoms with Crippen LogP contribution in [0.25, 0.3) is 0 Å². The highest BCUT2D eigenvalue weighted by atomic mass is 35.5. The number of hydrogen-bond donors (Lipinski definition) is 1. The third-order valence-electron chi connectivity index (χ3n) is 5.03. The Bertz CT molecular complexity index is 764. The lowest BCUT2D eigenvalue weighted by Gasteiger charge is -2.19. The van der Waals surface area contributed by atoms with Crippen molar-refractivity contribution in [2.75, 3.05) is 13.1 Å². The first-order valence-electron chi connectivity index (χ1n) is 8.00. The monoisotopic (exact) mass is 368 g/mol. The largest absolute Gasteiger partial charge is 0.350 e. The Balaban J connectivity index is 1.70. The van der Waals surface area contributed by atoms with Gasteiger partial charge in [0, 0.05) is 24.2 Å². The average Bonchev–Trinajstić information content (AvgIpc) is 3.08. The van der Waals surface area contributed by atoms with Crippen LogP contribution in [-0.4, -0.2) is 37.8 Å². The van der Waals surface area contributed by atoms with Crippen LogP contribution in [0.3, 0.4) is 0 Å². The molecule has 2 unspecified atom stereocenters. The van der Waals surface area contributed by atoms with Gasteiger partial charge in [-0.05, 0) is 55.4 Å². The van der Waals surface area contributed by atoms with E-state index in [1.807, 2.05) is 6.92 Å². The van der Waals surface area contributed by atoms with E-state index in [1.165, 1.54) is 12.1 Å². The van der Waals surface area contributed by atoms with Gasteiger partial charge >= 0.3 is 0 Å². The molecule has 1 saturated heterocycles. The van der Waals surface area contributed by atoms with Crippen molar-refractivity contribution < 1.29 is 13.2 Å². The molecule has 0 radical (unpaired) electrons. The topological polar surface area (TPSA) is 66.5 Å². The number of rotatable bonds is 4. The van der Waals surface area contributed by atoms with Crippen LogP contribution >= 0.6 is 11.6 Å². The average molecular weight is 369 g/mol. The number of benzene rings is 1. The Kier molecular flexibility index (Phi) is 4.73. The molecule has 0 spiro atoms. The second-order valence-electron chi connectivity index (χ2n) is 6.63. The summed E-state index contributed by atoms with van der Waals surface area (Å²) in [6, 6.07) is 4.97. The van der Waals surface area contributed by atoms with Crippen molar-refractivity contribution in [3.05, 3.63) is 41.4 Å². The van der Waals surface area contributed by atoms with Crippen molar-refractivity contribution in [2.24, 2.45) is 11.8 Å². The molecule has 1 saturated carbocycles. The van der Waals surface area contributed by atoms with Gasteiger partial charge in [0.15, 0.2) is 0 Å². The second kappa shape index (κ2) is 6.50. The van der Waals surface area contributed by atoms with Gasteiger partial charge in [-0.15, -0.1) is 0 Å². The Hall–Kier alpha value is -1.37. The molecule has 1 aromatic rings. The van der Waals surface area contributed by atoms with Gasteiger partial charge in [0.1, 0.15) is 0 Å². The minimum Gasteiger partial charge on any atom is -0.350 e. The number of nitrogens with zero attached hydrogens (tertiary/aromatic N) is 1. The number of amides is 1. The van der Waals surface area contributed by atoms with Crippen molar-refractivity contribution in [2.45, 2.75) is 30.7 Å². The molecule has 0 aromatic heterocycles. The summed E-state index contributed by atoms with van der Waals surface area (Å²) in [5, 5.41) is 3.37. The molecule has 1 amide bonds. The molecule has 1 aromatic carbocycles. The maximum Gasteiger partial charge on any atom is 0.243 e. The molecule has 1 aliphatic carbocycles. The summed E-state index contributed by atoms with van der Waals surface area (Å²) in [6.45, 7) is 6.30. The molecule has 0 bridgehead atoms. The molecule has 5 nitrogen and oxygen atoms in total. The lowest BCUT2D eigenvalue weighted by atomic mass is 10.0. The number of halogens is 1. The summed E-state index contributed by atoms with van der Waals surface area (Å²) < 4.78 is 27.2. The van der Waals surface area contributed by atoms with Crippen LogP contribution in [0.2, 0.25) is 5.02 Å². The Morgan fingerprint density at radius 3 is 2.50 bits per heavy atom. The molecule has 2 atom stereocenters. The molecule has 24 heavy (non-hydrogen) atoms. The van der Waals surface area contributed by atoms with E-state index >= 15 is 0 Å². The Morgan fingerprint density at radius 2 is 1.96 bits per heavy atom. The third-order valence-corrected chi connectivity index (χ3v) is 7.27. The third kappa shape index (κ3) is 3.23. The number of hydrogen-bond acceptors (Lipinski definition) is 3. The predicted molar refractivity (Wildman–Crippen MR) is 93.3 cm³/mol. The maximum atomic E-state index is 12.8. The first-order chi connectivity index (χ1) is 11.3. The number of nitrogens with one attached hydrogen (secondary N) is 1. The zero-order valence-electron chi connectivity index (χ0n) is 13.5. The van der Waals surface area contributed by atoms with E-state index in [2.05, 4.69) is 11.9 Å². The first kappa shape index (κ1) is 17.5. The van der Waals surface area contributed by atoms with Gasteiger partial charge in [-0.25, -0.2) is 8.42 Å². The highest BCUT2D eigenvalue weighted by Gasteiger charge is 2.45. The van der Waals surface area contributed by atoms with Crippen LogP contribution in [0.5, 0.6) is 0 Å². The highest BCUT2D eigenvalue weighted by molar-refractivity contribution is 7.89. The zero-order chi connectivity index (χ0) is 17.5. The van der Waals surface area contributed by atoms with Gasteiger partial charge in [-0.1, -0.05) is 24.2 Å². The minimum atomic E-state index is -3.52. The highest BCUT2D eigenvalue weighted by Crippen LogP contribution is 2.40. The predicted octanol–water partition coefficient (Wildman–Crippen LogP) is 2.35. The zero-order valence-corrected chi connectivity index (χ0v) is 15.1. The van der Waals surface area contributed by atoms with E-state index in [-0.39, 0.29) is 28.7 Å². The van der Waals surface area contributed by atoms with E-state index in [4.69, 9.17) is 11.6 Å². The summed E-state index contributed by atoms with van der Waals surface area (Å²) in [5.74, 6) is 0.408. The van der Waals surface area contributed by atoms with Gasteiger partial charge in [-0.2, -0.15) is 4.31 Å². The molecule has 2 fully saturated rings.